The van der Waals surface area contributed by atoms with Crippen molar-refractivity contribution >= 4 is 11.6 Å². The van der Waals surface area contributed by atoms with Crippen LogP contribution in [0.3, 0.4) is 0 Å². The zero-order chi connectivity index (χ0) is 13.8. The Bertz CT molecular complexity index is 427. The molecule has 0 atom stereocenters. The van der Waals surface area contributed by atoms with Crippen LogP contribution < -0.4 is 10.1 Å². The first-order valence-corrected chi connectivity index (χ1v) is 5.59. The third kappa shape index (κ3) is 4.71. The minimum absolute atomic E-state index is 0.0654. The summed E-state index contributed by atoms with van der Waals surface area (Å²) in [4.78, 5) is 11.6. The summed E-state index contributed by atoms with van der Waals surface area (Å²) < 4.78 is 23.3. The summed E-state index contributed by atoms with van der Waals surface area (Å²) in [5.41, 5.74) is 0.0333. The number of carbonyl (C=O) groups is 1. The number of rotatable bonds is 4. The van der Waals surface area contributed by atoms with E-state index >= 15 is 0 Å². The van der Waals surface area contributed by atoms with Gasteiger partial charge in [-0.3, -0.25) is 4.79 Å². The van der Waals surface area contributed by atoms with E-state index in [1.807, 2.05) is 20.8 Å². The monoisotopic (exact) mass is 255 g/mol. The van der Waals surface area contributed by atoms with Crippen molar-refractivity contribution in [2.24, 2.45) is 0 Å². The van der Waals surface area contributed by atoms with E-state index in [0.29, 0.717) is 5.69 Å². The van der Waals surface area contributed by atoms with Crippen LogP contribution in [-0.4, -0.2) is 25.2 Å². The number of anilines is 1. The topological polar surface area (TPSA) is 47.6 Å². The van der Waals surface area contributed by atoms with Crippen molar-refractivity contribution in [3.8, 4) is 5.75 Å². The molecule has 0 aromatic heterocycles. The molecule has 100 valence electrons. The van der Waals surface area contributed by atoms with E-state index < -0.39 is 5.82 Å². The Kier molecular flexibility index (Phi) is 4.67. The first-order valence-electron chi connectivity index (χ1n) is 5.59. The Morgan fingerprint density at radius 3 is 2.61 bits per heavy atom. The Hall–Kier alpha value is -1.62. The smallest absolute Gasteiger partial charge is 0.250 e. The fourth-order valence-electron chi connectivity index (χ4n) is 1.24. The summed E-state index contributed by atoms with van der Waals surface area (Å²) in [7, 11) is 1.41. The quantitative estimate of drug-likeness (QED) is 0.899. The number of carbonyl (C=O) groups excluding carboxylic acids is 1. The van der Waals surface area contributed by atoms with Gasteiger partial charge < -0.3 is 14.8 Å². The molecule has 0 aliphatic carbocycles. The first kappa shape index (κ1) is 14.4. The number of methoxy groups -OCH3 is 1. The molecule has 0 fully saturated rings. The van der Waals surface area contributed by atoms with Gasteiger partial charge in [-0.05, 0) is 32.9 Å². The van der Waals surface area contributed by atoms with Gasteiger partial charge in [0.05, 0.1) is 18.4 Å². The Morgan fingerprint density at radius 1 is 1.39 bits per heavy atom. The van der Waals surface area contributed by atoms with Crippen LogP contribution in [0.5, 0.6) is 5.75 Å². The van der Waals surface area contributed by atoms with Crippen LogP contribution in [0.15, 0.2) is 18.2 Å². The molecule has 4 nitrogen and oxygen atoms in total. The molecule has 0 aliphatic rings. The van der Waals surface area contributed by atoms with Gasteiger partial charge in [0.15, 0.2) is 0 Å². The summed E-state index contributed by atoms with van der Waals surface area (Å²) >= 11 is 0. The van der Waals surface area contributed by atoms with E-state index in [9.17, 15) is 9.18 Å². The minimum Gasteiger partial charge on any atom is -0.494 e. The van der Waals surface area contributed by atoms with Crippen molar-refractivity contribution in [2.45, 2.75) is 26.4 Å². The highest BCUT2D eigenvalue weighted by Gasteiger charge is 2.14. The van der Waals surface area contributed by atoms with Crippen molar-refractivity contribution in [1.82, 2.24) is 0 Å². The zero-order valence-corrected chi connectivity index (χ0v) is 11.0. The molecule has 1 rings (SSSR count). The Balaban J connectivity index is 2.64. The maximum atomic E-state index is 13.0. The molecular weight excluding hydrogens is 237 g/mol. The molecule has 0 heterocycles. The lowest BCUT2D eigenvalue weighted by molar-refractivity contribution is -0.125. The normalized spacial score (nSPS) is 11.2. The van der Waals surface area contributed by atoms with Gasteiger partial charge in [-0.2, -0.15) is 0 Å². The van der Waals surface area contributed by atoms with Gasteiger partial charge in [-0.1, -0.05) is 0 Å². The van der Waals surface area contributed by atoms with Gasteiger partial charge in [-0.25, -0.2) is 4.39 Å². The molecule has 18 heavy (non-hydrogen) atoms. The number of halogens is 1. The van der Waals surface area contributed by atoms with Crippen LogP contribution in [0.1, 0.15) is 20.8 Å². The SMILES string of the molecule is COc1cc(F)ccc1NC(=O)COC(C)(C)C. The lowest BCUT2D eigenvalue weighted by Crippen LogP contribution is -2.27. The lowest BCUT2D eigenvalue weighted by atomic mass is 10.2. The number of ether oxygens (including phenoxy) is 2. The fraction of sp³-hybridized carbons (Fsp3) is 0.462. The highest BCUT2D eigenvalue weighted by Crippen LogP contribution is 2.24. The van der Waals surface area contributed by atoms with Crippen LogP contribution in [0, 0.1) is 5.82 Å². The molecule has 1 aromatic rings. The van der Waals surface area contributed by atoms with Gasteiger partial charge >= 0.3 is 0 Å². The van der Waals surface area contributed by atoms with Gasteiger partial charge in [-0.15, -0.1) is 0 Å². The van der Waals surface area contributed by atoms with E-state index in [4.69, 9.17) is 9.47 Å². The number of amides is 1. The van der Waals surface area contributed by atoms with E-state index in [1.54, 1.807) is 0 Å². The maximum Gasteiger partial charge on any atom is 0.250 e. The van der Waals surface area contributed by atoms with Crippen molar-refractivity contribution < 1.29 is 18.7 Å². The predicted molar refractivity (Wildman–Crippen MR) is 67.3 cm³/mol. The number of hydrogen-bond acceptors (Lipinski definition) is 3. The van der Waals surface area contributed by atoms with Crippen LogP contribution in [0.2, 0.25) is 0 Å². The van der Waals surface area contributed by atoms with E-state index in [-0.39, 0.29) is 23.9 Å². The van der Waals surface area contributed by atoms with Crippen molar-refractivity contribution in [2.75, 3.05) is 19.0 Å². The number of benzene rings is 1. The molecule has 5 heteroatoms. The van der Waals surface area contributed by atoms with Crippen molar-refractivity contribution in [1.29, 1.82) is 0 Å². The van der Waals surface area contributed by atoms with Gasteiger partial charge in [0, 0.05) is 6.07 Å². The standard InChI is InChI=1S/C13H18FNO3/c1-13(2,3)18-8-12(16)15-10-6-5-9(14)7-11(10)17-4/h5-7H,8H2,1-4H3,(H,15,16). The molecule has 0 saturated heterocycles. The molecule has 1 amide bonds. The Morgan fingerprint density at radius 2 is 2.06 bits per heavy atom. The van der Waals surface area contributed by atoms with E-state index in [2.05, 4.69) is 5.32 Å². The third-order valence-corrected chi connectivity index (χ3v) is 2.07. The fourth-order valence-corrected chi connectivity index (χ4v) is 1.24. The highest BCUT2D eigenvalue weighted by molar-refractivity contribution is 5.93. The third-order valence-electron chi connectivity index (χ3n) is 2.07. The van der Waals surface area contributed by atoms with Crippen LogP contribution in [0.25, 0.3) is 0 Å². The van der Waals surface area contributed by atoms with Crippen LogP contribution in [0.4, 0.5) is 10.1 Å². The summed E-state index contributed by atoms with van der Waals surface area (Å²) in [6.07, 6.45) is 0. The minimum atomic E-state index is -0.421. The molecule has 0 radical (unpaired) electrons. The second kappa shape index (κ2) is 5.82. The van der Waals surface area contributed by atoms with Gasteiger partial charge in [0.1, 0.15) is 18.2 Å². The molecule has 0 bridgehead atoms. The van der Waals surface area contributed by atoms with E-state index in [0.717, 1.165) is 0 Å². The van der Waals surface area contributed by atoms with Gasteiger partial charge in [0.2, 0.25) is 5.91 Å². The second-order valence-electron chi connectivity index (χ2n) is 4.79. The predicted octanol–water partition coefficient (Wildman–Crippen LogP) is 2.59. The highest BCUT2D eigenvalue weighted by atomic mass is 19.1. The molecule has 0 unspecified atom stereocenters. The average molecular weight is 255 g/mol. The molecule has 0 spiro atoms. The summed E-state index contributed by atoms with van der Waals surface area (Å²) in [6, 6.07) is 3.91. The molecular formula is C13H18FNO3. The second-order valence-corrected chi connectivity index (χ2v) is 4.79. The summed E-state index contributed by atoms with van der Waals surface area (Å²) in [5.74, 6) is -0.454. The molecule has 1 aromatic carbocycles. The maximum absolute atomic E-state index is 13.0. The zero-order valence-electron chi connectivity index (χ0n) is 11.0. The molecule has 0 aliphatic heterocycles. The van der Waals surface area contributed by atoms with Gasteiger partial charge in [0.25, 0.3) is 0 Å². The van der Waals surface area contributed by atoms with Crippen molar-refractivity contribution in [3.05, 3.63) is 24.0 Å². The molecule has 0 saturated carbocycles. The number of nitrogens with one attached hydrogen (secondary N) is 1. The van der Waals surface area contributed by atoms with Crippen LogP contribution >= 0.6 is 0 Å². The van der Waals surface area contributed by atoms with E-state index in [1.165, 1.54) is 25.3 Å². The summed E-state index contributed by atoms with van der Waals surface area (Å²) in [6.45, 7) is 5.51. The molecule has 1 N–H and O–H groups in total. The first-order chi connectivity index (χ1) is 8.31. The average Bonchev–Trinajstić information content (AvgIpc) is 2.28. The summed E-state index contributed by atoms with van der Waals surface area (Å²) in [5, 5.41) is 2.61. The largest absolute Gasteiger partial charge is 0.494 e. The van der Waals surface area contributed by atoms with Crippen LogP contribution in [-0.2, 0) is 9.53 Å². The van der Waals surface area contributed by atoms with Crippen molar-refractivity contribution in [3.63, 3.8) is 0 Å². The lowest BCUT2D eigenvalue weighted by Gasteiger charge is -2.19. The Labute approximate surface area is 106 Å². The number of hydrogen-bond donors (Lipinski definition) is 1.